The molecule has 82 valence electrons. The zero-order valence-electron chi connectivity index (χ0n) is 9.10. The Kier molecular flexibility index (Phi) is 3.01. The van der Waals surface area contributed by atoms with Crippen LogP contribution in [0.25, 0.3) is 0 Å². The lowest BCUT2D eigenvalue weighted by atomic mass is 10.2. The number of nitrogens with zero attached hydrogens (tertiary/aromatic N) is 3. The summed E-state index contributed by atoms with van der Waals surface area (Å²) in [7, 11) is 1.61. The van der Waals surface area contributed by atoms with Gasteiger partial charge in [-0.15, -0.1) is 0 Å². The Balaban J connectivity index is 2.13. The van der Waals surface area contributed by atoms with Crippen molar-refractivity contribution in [1.82, 2.24) is 15.3 Å². The third-order valence-electron chi connectivity index (χ3n) is 2.50. The molecule has 0 aliphatic carbocycles. The van der Waals surface area contributed by atoms with Gasteiger partial charge in [-0.1, -0.05) is 0 Å². The van der Waals surface area contributed by atoms with Gasteiger partial charge in [0.05, 0.1) is 19.5 Å². The Labute approximate surface area is 89.5 Å². The topological polar surface area (TPSA) is 50.3 Å². The normalized spacial score (nSPS) is 21.5. The van der Waals surface area contributed by atoms with Crippen molar-refractivity contribution in [3.8, 4) is 5.88 Å². The molecule has 2 heterocycles. The van der Waals surface area contributed by atoms with Crippen LogP contribution >= 0.6 is 0 Å². The number of hydrogen-bond acceptors (Lipinski definition) is 5. The Morgan fingerprint density at radius 1 is 1.53 bits per heavy atom. The minimum Gasteiger partial charge on any atom is -0.480 e. The van der Waals surface area contributed by atoms with E-state index in [4.69, 9.17) is 4.74 Å². The van der Waals surface area contributed by atoms with E-state index >= 15 is 0 Å². The molecular formula is C10H16N4O. The summed E-state index contributed by atoms with van der Waals surface area (Å²) >= 11 is 0. The molecule has 1 aliphatic heterocycles. The zero-order chi connectivity index (χ0) is 10.7. The van der Waals surface area contributed by atoms with Gasteiger partial charge in [0, 0.05) is 25.7 Å². The van der Waals surface area contributed by atoms with Crippen molar-refractivity contribution in [3.05, 3.63) is 12.4 Å². The summed E-state index contributed by atoms with van der Waals surface area (Å²) < 4.78 is 5.06. The Morgan fingerprint density at radius 3 is 3.13 bits per heavy atom. The Bertz CT molecular complexity index is 331. The first-order valence-corrected chi connectivity index (χ1v) is 5.14. The van der Waals surface area contributed by atoms with Crippen molar-refractivity contribution in [2.24, 2.45) is 0 Å². The zero-order valence-corrected chi connectivity index (χ0v) is 9.10. The molecule has 0 radical (unpaired) electrons. The van der Waals surface area contributed by atoms with Crippen molar-refractivity contribution >= 4 is 5.82 Å². The number of ether oxygens (including phenoxy) is 1. The highest BCUT2D eigenvalue weighted by atomic mass is 16.5. The number of anilines is 1. The van der Waals surface area contributed by atoms with Crippen LogP contribution in [0.5, 0.6) is 5.88 Å². The highest BCUT2D eigenvalue weighted by molar-refractivity contribution is 5.38. The molecule has 0 amide bonds. The standard InChI is InChI=1S/C10H16N4O/c1-8-7-14(4-3-12-8)9-5-11-6-10(13-9)15-2/h5-6,8,12H,3-4,7H2,1-2H3. The van der Waals surface area contributed by atoms with Crippen LogP contribution in [0.15, 0.2) is 12.4 Å². The molecule has 5 nitrogen and oxygen atoms in total. The highest BCUT2D eigenvalue weighted by Gasteiger charge is 2.17. The van der Waals surface area contributed by atoms with Crippen LogP contribution < -0.4 is 15.0 Å². The number of aromatic nitrogens is 2. The quantitative estimate of drug-likeness (QED) is 0.756. The summed E-state index contributed by atoms with van der Waals surface area (Å²) in [6.45, 7) is 5.08. The lowest BCUT2D eigenvalue weighted by Crippen LogP contribution is -2.49. The molecule has 0 spiro atoms. The van der Waals surface area contributed by atoms with E-state index in [2.05, 4.69) is 27.1 Å². The maximum atomic E-state index is 5.06. The van der Waals surface area contributed by atoms with Gasteiger partial charge in [0.1, 0.15) is 0 Å². The predicted octanol–water partition coefficient (Wildman–Crippen LogP) is 0.283. The summed E-state index contributed by atoms with van der Waals surface area (Å²) in [6, 6.07) is 0.492. The molecule has 2 rings (SSSR count). The first-order chi connectivity index (χ1) is 7.29. The number of hydrogen-bond donors (Lipinski definition) is 1. The van der Waals surface area contributed by atoms with Crippen LogP contribution in [0.1, 0.15) is 6.92 Å². The number of rotatable bonds is 2. The molecule has 1 fully saturated rings. The van der Waals surface area contributed by atoms with Crippen molar-refractivity contribution < 1.29 is 4.74 Å². The first-order valence-electron chi connectivity index (χ1n) is 5.14. The maximum absolute atomic E-state index is 5.06. The summed E-state index contributed by atoms with van der Waals surface area (Å²) in [4.78, 5) is 10.7. The van der Waals surface area contributed by atoms with Crippen molar-refractivity contribution in [3.63, 3.8) is 0 Å². The summed E-state index contributed by atoms with van der Waals surface area (Å²) in [5.41, 5.74) is 0. The fourth-order valence-electron chi connectivity index (χ4n) is 1.73. The van der Waals surface area contributed by atoms with Gasteiger partial charge in [-0.05, 0) is 6.92 Å². The van der Waals surface area contributed by atoms with Gasteiger partial charge in [0.2, 0.25) is 5.88 Å². The third-order valence-corrected chi connectivity index (χ3v) is 2.50. The van der Waals surface area contributed by atoms with Crippen molar-refractivity contribution in [1.29, 1.82) is 0 Å². The van der Waals surface area contributed by atoms with E-state index in [9.17, 15) is 0 Å². The maximum Gasteiger partial charge on any atom is 0.233 e. The molecule has 15 heavy (non-hydrogen) atoms. The highest BCUT2D eigenvalue weighted by Crippen LogP contribution is 2.14. The van der Waals surface area contributed by atoms with Gasteiger partial charge in [-0.2, -0.15) is 4.98 Å². The minimum atomic E-state index is 0.492. The second-order valence-corrected chi connectivity index (χ2v) is 3.72. The average Bonchev–Trinajstić information content (AvgIpc) is 2.29. The van der Waals surface area contributed by atoms with Gasteiger partial charge >= 0.3 is 0 Å². The molecule has 5 heteroatoms. The van der Waals surface area contributed by atoms with Gasteiger partial charge in [-0.25, -0.2) is 0 Å². The molecule has 1 atom stereocenters. The molecule has 0 aromatic carbocycles. The molecule has 0 bridgehead atoms. The average molecular weight is 208 g/mol. The SMILES string of the molecule is COc1cncc(N2CCNC(C)C2)n1. The molecule has 1 unspecified atom stereocenters. The van der Waals surface area contributed by atoms with Crippen LogP contribution in [0.4, 0.5) is 5.82 Å². The van der Waals surface area contributed by atoms with E-state index in [0.29, 0.717) is 11.9 Å². The molecule has 1 aromatic heterocycles. The van der Waals surface area contributed by atoms with E-state index in [1.54, 1.807) is 19.5 Å². The summed E-state index contributed by atoms with van der Waals surface area (Å²) in [5.74, 6) is 1.46. The minimum absolute atomic E-state index is 0.492. The van der Waals surface area contributed by atoms with E-state index in [1.807, 2.05) is 0 Å². The second kappa shape index (κ2) is 4.44. The molecule has 1 N–H and O–H groups in total. The fraction of sp³-hybridized carbons (Fsp3) is 0.600. The smallest absolute Gasteiger partial charge is 0.233 e. The number of methoxy groups -OCH3 is 1. The van der Waals surface area contributed by atoms with Crippen molar-refractivity contribution in [2.45, 2.75) is 13.0 Å². The first kappa shape index (κ1) is 10.2. The second-order valence-electron chi connectivity index (χ2n) is 3.72. The van der Waals surface area contributed by atoms with Gasteiger partial charge in [-0.3, -0.25) is 4.98 Å². The van der Waals surface area contributed by atoms with E-state index in [1.165, 1.54) is 0 Å². The van der Waals surface area contributed by atoms with E-state index in [-0.39, 0.29) is 0 Å². The molecule has 1 aromatic rings. The van der Waals surface area contributed by atoms with Crippen LogP contribution in [-0.4, -0.2) is 42.8 Å². The largest absolute Gasteiger partial charge is 0.480 e. The van der Waals surface area contributed by atoms with Gasteiger partial charge in [0.25, 0.3) is 0 Å². The Morgan fingerprint density at radius 2 is 2.40 bits per heavy atom. The van der Waals surface area contributed by atoms with E-state index < -0.39 is 0 Å². The number of piperazine rings is 1. The summed E-state index contributed by atoms with van der Waals surface area (Å²) in [6.07, 6.45) is 3.40. The fourth-order valence-corrected chi connectivity index (χ4v) is 1.73. The molecule has 0 saturated carbocycles. The van der Waals surface area contributed by atoms with Crippen molar-refractivity contribution in [2.75, 3.05) is 31.6 Å². The van der Waals surface area contributed by atoms with E-state index in [0.717, 1.165) is 25.5 Å². The number of nitrogens with one attached hydrogen (secondary N) is 1. The van der Waals surface area contributed by atoms with Gasteiger partial charge in [0.15, 0.2) is 5.82 Å². The molecule has 1 saturated heterocycles. The van der Waals surface area contributed by atoms with Crippen LogP contribution in [-0.2, 0) is 0 Å². The van der Waals surface area contributed by atoms with Gasteiger partial charge < -0.3 is 15.0 Å². The predicted molar refractivity (Wildman–Crippen MR) is 58.3 cm³/mol. The van der Waals surface area contributed by atoms with Crippen LogP contribution in [0.2, 0.25) is 0 Å². The lowest BCUT2D eigenvalue weighted by Gasteiger charge is -2.32. The van der Waals surface area contributed by atoms with Crippen LogP contribution in [0.3, 0.4) is 0 Å². The third kappa shape index (κ3) is 2.36. The summed E-state index contributed by atoms with van der Waals surface area (Å²) in [5, 5.41) is 3.39. The Hall–Kier alpha value is -1.36. The molecular weight excluding hydrogens is 192 g/mol. The lowest BCUT2D eigenvalue weighted by molar-refractivity contribution is 0.394. The molecule has 1 aliphatic rings. The monoisotopic (exact) mass is 208 g/mol. The van der Waals surface area contributed by atoms with Crippen LogP contribution in [0, 0.1) is 0 Å².